The quantitative estimate of drug-likeness (QED) is 0.769. The second-order valence-corrected chi connectivity index (χ2v) is 12.0. The second-order valence-electron chi connectivity index (χ2n) is 7.78. The topological polar surface area (TPSA) is 3.24 Å². The highest BCUT2D eigenvalue weighted by Crippen LogP contribution is 2.34. The largest absolute Gasteiger partial charge is 0.303 e. The van der Waals surface area contributed by atoms with Crippen molar-refractivity contribution in [1.29, 1.82) is 0 Å². The van der Waals surface area contributed by atoms with Crippen molar-refractivity contribution in [2.45, 2.75) is 37.8 Å². The van der Waals surface area contributed by atoms with E-state index in [1.54, 1.807) is 10.4 Å². The first-order valence-electron chi connectivity index (χ1n) is 9.70. The van der Waals surface area contributed by atoms with Crippen molar-refractivity contribution < 1.29 is 0 Å². The Kier molecular flexibility index (Phi) is 4.86. The molecule has 1 nitrogen and oxygen atoms in total. The molecule has 2 aromatic carbocycles. The maximum Gasteiger partial charge on any atom is 0.118 e. The Morgan fingerprint density at radius 2 is 1.38 bits per heavy atom. The highest BCUT2D eigenvalue weighted by Gasteiger charge is 2.41. The Morgan fingerprint density at radius 3 is 1.96 bits per heavy atom. The lowest BCUT2D eigenvalue weighted by Crippen LogP contribution is -2.61. The van der Waals surface area contributed by atoms with Gasteiger partial charge in [-0.05, 0) is 50.4 Å². The van der Waals surface area contributed by atoms with Gasteiger partial charge in [-0.3, -0.25) is 0 Å². The average molecular weight is 336 g/mol. The van der Waals surface area contributed by atoms with Crippen LogP contribution in [0.3, 0.4) is 0 Å². The molecule has 0 amide bonds. The van der Waals surface area contributed by atoms with E-state index >= 15 is 0 Å². The molecule has 2 heterocycles. The summed E-state index contributed by atoms with van der Waals surface area (Å²) in [5.41, 5.74) is 0. The molecule has 24 heavy (non-hydrogen) atoms. The van der Waals surface area contributed by atoms with E-state index in [4.69, 9.17) is 0 Å². The molecule has 2 aliphatic rings. The third-order valence-electron chi connectivity index (χ3n) is 6.22. The SMILES string of the molecule is c1ccc([Si]2(c3ccccc3)CCC[C@@H](CN3CCCC3)C2)cc1. The van der Waals surface area contributed by atoms with Crippen LogP contribution in [0.15, 0.2) is 60.7 Å². The molecular formula is C22H29NSi. The van der Waals surface area contributed by atoms with Gasteiger partial charge in [-0.2, -0.15) is 0 Å². The van der Waals surface area contributed by atoms with Crippen molar-refractivity contribution in [2.24, 2.45) is 5.92 Å². The van der Waals surface area contributed by atoms with E-state index in [1.807, 2.05) is 0 Å². The normalized spacial score (nSPS) is 24.1. The van der Waals surface area contributed by atoms with Crippen LogP contribution >= 0.6 is 0 Å². The molecule has 1 atom stereocenters. The number of hydrogen-bond donors (Lipinski definition) is 0. The number of rotatable bonds is 4. The summed E-state index contributed by atoms with van der Waals surface area (Å²) in [7, 11) is -1.60. The highest BCUT2D eigenvalue weighted by atomic mass is 28.3. The highest BCUT2D eigenvalue weighted by molar-refractivity contribution is 7.02. The van der Waals surface area contributed by atoms with Crippen LogP contribution in [-0.2, 0) is 0 Å². The molecule has 2 heteroatoms. The first-order valence-corrected chi connectivity index (χ1v) is 12.1. The van der Waals surface area contributed by atoms with Crippen LogP contribution in [0, 0.1) is 5.92 Å². The van der Waals surface area contributed by atoms with Crippen LogP contribution in [0.2, 0.25) is 12.1 Å². The summed E-state index contributed by atoms with van der Waals surface area (Å²) in [6.45, 7) is 4.01. The zero-order valence-electron chi connectivity index (χ0n) is 14.7. The van der Waals surface area contributed by atoms with Gasteiger partial charge in [0, 0.05) is 6.54 Å². The molecule has 126 valence electrons. The van der Waals surface area contributed by atoms with Crippen molar-refractivity contribution >= 4 is 18.4 Å². The smallest absolute Gasteiger partial charge is 0.118 e. The molecule has 2 fully saturated rings. The molecule has 2 aliphatic heterocycles. The summed E-state index contributed by atoms with van der Waals surface area (Å²) >= 11 is 0. The summed E-state index contributed by atoms with van der Waals surface area (Å²) in [4.78, 5) is 2.73. The van der Waals surface area contributed by atoms with Gasteiger partial charge in [0.2, 0.25) is 0 Å². The van der Waals surface area contributed by atoms with Crippen LogP contribution in [0.25, 0.3) is 0 Å². The minimum absolute atomic E-state index is 0.893. The molecule has 2 aromatic rings. The number of nitrogens with zero attached hydrogens (tertiary/aromatic N) is 1. The Labute approximate surface area is 147 Å². The van der Waals surface area contributed by atoms with E-state index in [0.717, 1.165) is 5.92 Å². The summed E-state index contributed by atoms with van der Waals surface area (Å²) in [6, 6.07) is 25.9. The van der Waals surface area contributed by atoms with Gasteiger partial charge in [0.05, 0.1) is 0 Å². The summed E-state index contributed by atoms with van der Waals surface area (Å²) in [6.07, 6.45) is 5.67. The van der Waals surface area contributed by atoms with Gasteiger partial charge < -0.3 is 4.90 Å². The third-order valence-corrected chi connectivity index (χ3v) is 11.6. The van der Waals surface area contributed by atoms with Crippen molar-refractivity contribution in [3.05, 3.63) is 60.7 Å². The van der Waals surface area contributed by atoms with Crippen molar-refractivity contribution in [3.8, 4) is 0 Å². The molecule has 0 bridgehead atoms. The van der Waals surface area contributed by atoms with E-state index in [0.29, 0.717) is 0 Å². The molecule has 0 aromatic heterocycles. The predicted octanol–water partition coefficient (Wildman–Crippen LogP) is 3.76. The molecule has 0 N–H and O–H groups in total. The maximum absolute atomic E-state index is 2.73. The molecule has 0 saturated carbocycles. The standard InChI is InChI=1S/C22H29NSi/c1-3-11-21(12-4-1)24(22-13-5-2-6-14-22)17-9-10-20(19-24)18-23-15-7-8-16-23/h1-6,11-14,20H,7-10,15-19H2/t20-/m0/s1. The van der Waals surface area contributed by atoms with E-state index in [1.165, 1.54) is 57.4 Å². The van der Waals surface area contributed by atoms with Crippen LogP contribution in [0.5, 0.6) is 0 Å². The summed E-state index contributed by atoms with van der Waals surface area (Å²) < 4.78 is 0. The molecule has 0 aliphatic carbocycles. The van der Waals surface area contributed by atoms with Gasteiger partial charge in [-0.15, -0.1) is 0 Å². The Hall–Kier alpha value is -1.38. The summed E-state index contributed by atoms with van der Waals surface area (Å²) in [5, 5.41) is 3.31. The van der Waals surface area contributed by atoms with Crippen molar-refractivity contribution in [3.63, 3.8) is 0 Å². The molecular weight excluding hydrogens is 306 g/mol. The Morgan fingerprint density at radius 1 is 0.792 bits per heavy atom. The van der Waals surface area contributed by atoms with Gasteiger partial charge in [-0.1, -0.05) is 77.5 Å². The Balaban J connectivity index is 1.65. The van der Waals surface area contributed by atoms with Crippen LogP contribution in [0.1, 0.15) is 25.7 Å². The first-order chi connectivity index (χ1) is 11.9. The Bertz CT molecular complexity index is 594. The monoisotopic (exact) mass is 335 g/mol. The number of benzene rings is 2. The van der Waals surface area contributed by atoms with Crippen molar-refractivity contribution in [2.75, 3.05) is 19.6 Å². The van der Waals surface area contributed by atoms with Gasteiger partial charge >= 0.3 is 0 Å². The lowest BCUT2D eigenvalue weighted by atomic mass is 10.0. The average Bonchev–Trinajstić information content (AvgIpc) is 3.16. The molecule has 0 spiro atoms. The summed E-state index contributed by atoms with van der Waals surface area (Å²) in [5.74, 6) is 0.893. The zero-order valence-corrected chi connectivity index (χ0v) is 15.7. The van der Waals surface area contributed by atoms with E-state index in [-0.39, 0.29) is 0 Å². The lowest BCUT2D eigenvalue weighted by Gasteiger charge is -2.41. The zero-order chi connectivity index (χ0) is 16.2. The van der Waals surface area contributed by atoms with Crippen LogP contribution in [-0.4, -0.2) is 32.6 Å². The van der Waals surface area contributed by atoms with Crippen LogP contribution in [0.4, 0.5) is 0 Å². The van der Waals surface area contributed by atoms with Gasteiger partial charge in [-0.25, -0.2) is 0 Å². The third kappa shape index (κ3) is 3.22. The number of likely N-dealkylation sites (tertiary alicyclic amines) is 1. The molecule has 4 rings (SSSR count). The molecule has 0 radical (unpaired) electrons. The molecule has 0 unspecified atom stereocenters. The van der Waals surface area contributed by atoms with Gasteiger partial charge in [0.1, 0.15) is 8.07 Å². The fourth-order valence-electron chi connectivity index (χ4n) is 5.08. The fraction of sp³-hybridized carbons (Fsp3) is 0.455. The fourth-order valence-corrected chi connectivity index (χ4v) is 10.5. The van der Waals surface area contributed by atoms with Gasteiger partial charge in [0.15, 0.2) is 0 Å². The van der Waals surface area contributed by atoms with E-state index < -0.39 is 8.07 Å². The second kappa shape index (κ2) is 7.24. The van der Waals surface area contributed by atoms with Gasteiger partial charge in [0.25, 0.3) is 0 Å². The van der Waals surface area contributed by atoms with E-state index in [2.05, 4.69) is 65.6 Å². The van der Waals surface area contributed by atoms with E-state index in [9.17, 15) is 0 Å². The minimum Gasteiger partial charge on any atom is -0.303 e. The maximum atomic E-state index is 2.73. The van der Waals surface area contributed by atoms with Crippen molar-refractivity contribution in [1.82, 2.24) is 4.90 Å². The van der Waals surface area contributed by atoms with Crippen LogP contribution < -0.4 is 10.4 Å². The lowest BCUT2D eigenvalue weighted by molar-refractivity contribution is 0.274. The first kappa shape index (κ1) is 16.1. The minimum atomic E-state index is -1.60. The predicted molar refractivity (Wildman–Crippen MR) is 106 cm³/mol. The number of hydrogen-bond acceptors (Lipinski definition) is 1. The molecule has 2 saturated heterocycles.